The molecule has 5 nitrogen and oxygen atoms in total. The molecule has 1 heterocycles. The molecule has 0 amide bonds. The van der Waals surface area contributed by atoms with Crippen molar-refractivity contribution in [1.29, 1.82) is 0 Å². The van der Waals surface area contributed by atoms with Crippen LogP contribution in [-0.2, 0) is 6.54 Å². The molecule has 1 fully saturated rings. The van der Waals surface area contributed by atoms with Crippen molar-refractivity contribution in [1.82, 2.24) is 14.7 Å². The maximum atomic E-state index is 9.70. The molecule has 130 valence electrons. The van der Waals surface area contributed by atoms with Crippen molar-refractivity contribution >= 4 is 0 Å². The number of phenolic OH excluding ortho intramolecular Hbond substituents is 1. The largest absolute Gasteiger partial charge is 0.508 e. The molecule has 0 saturated carbocycles. The number of likely N-dealkylation sites (N-methyl/N-ethyl adjacent to an activating group) is 2. The van der Waals surface area contributed by atoms with Crippen LogP contribution in [0.2, 0.25) is 0 Å². The second-order valence-electron chi connectivity index (χ2n) is 7.13. The molecule has 0 unspecified atom stereocenters. The van der Waals surface area contributed by atoms with Gasteiger partial charge in [-0.1, -0.05) is 12.1 Å². The summed E-state index contributed by atoms with van der Waals surface area (Å²) in [5.74, 6) is 1.17. The van der Waals surface area contributed by atoms with Crippen LogP contribution in [0.15, 0.2) is 24.3 Å². The Bertz CT molecular complexity index is 481. The molecule has 2 N–H and O–H groups in total. The van der Waals surface area contributed by atoms with Crippen LogP contribution < -0.4 is 0 Å². The van der Waals surface area contributed by atoms with E-state index < -0.39 is 0 Å². The predicted molar refractivity (Wildman–Crippen MR) is 93.5 cm³/mol. The normalized spacial score (nSPS) is 22.3. The van der Waals surface area contributed by atoms with Gasteiger partial charge in [0.05, 0.1) is 0 Å². The standard InChI is InChI=1S/C18H31N3O2/c1-19(2)7-8-20(3)11-16-12-21(13-17(16)14-22)10-15-5-4-6-18(23)9-15/h4-6,9,16-17,22-23H,7-8,10-14H2,1-3H3/t16-,17-/m1/s1. The van der Waals surface area contributed by atoms with Crippen LogP contribution in [0.5, 0.6) is 5.75 Å². The summed E-state index contributed by atoms with van der Waals surface area (Å²) in [5, 5.41) is 19.3. The maximum Gasteiger partial charge on any atom is 0.115 e. The molecule has 2 rings (SSSR count). The zero-order valence-corrected chi connectivity index (χ0v) is 14.6. The Hall–Kier alpha value is -1.14. The highest BCUT2D eigenvalue weighted by molar-refractivity contribution is 5.27. The van der Waals surface area contributed by atoms with Crippen molar-refractivity contribution in [3.8, 4) is 5.75 Å². The van der Waals surface area contributed by atoms with Crippen molar-refractivity contribution in [3.05, 3.63) is 29.8 Å². The Balaban J connectivity index is 1.87. The summed E-state index contributed by atoms with van der Waals surface area (Å²) in [6, 6.07) is 7.46. The molecule has 0 bridgehead atoms. The predicted octanol–water partition coefficient (Wildman–Crippen LogP) is 0.926. The van der Waals surface area contributed by atoms with E-state index in [2.05, 4.69) is 35.8 Å². The molecule has 5 heteroatoms. The number of nitrogens with zero attached hydrogens (tertiary/aromatic N) is 3. The Morgan fingerprint density at radius 3 is 2.52 bits per heavy atom. The van der Waals surface area contributed by atoms with E-state index in [4.69, 9.17) is 0 Å². The average molecular weight is 321 g/mol. The lowest BCUT2D eigenvalue weighted by Crippen LogP contribution is -2.35. The van der Waals surface area contributed by atoms with E-state index in [9.17, 15) is 10.2 Å². The van der Waals surface area contributed by atoms with Gasteiger partial charge >= 0.3 is 0 Å². The summed E-state index contributed by atoms with van der Waals surface area (Å²) in [7, 11) is 6.35. The van der Waals surface area contributed by atoms with E-state index in [-0.39, 0.29) is 6.61 Å². The van der Waals surface area contributed by atoms with E-state index in [1.54, 1.807) is 6.07 Å². The first-order valence-electron chi connectivity index (χ1n) is 8.42. The fraction of sp³-hybridized carbons (Fsp3) is 0.667. The average Bonchev–Trinajstić information content (AvgIpc) is 2.86. The highest BCUT2D eigenvalue weighted by Gasteiger charge is 2.32. The summed E-state index contributed by atoms with van der Waals surface area (Å²) in [6.07, 6.45) is 0. The number of phenols is 1. The first-order valence-corrected chi connectivity index (χ1v) is 8.42. The second kappa shape index (κ2) is 8.64. The van der Waals surface area contributed by atoms with Gasteiger partial charge in [0.2, 0.25) is 0 Å². The number of rotatable bonds is 8. The Morgan fingerprint density at radius 1 is 1.13 bits per heavy atom. The smallest absolute Gasteiger partial charge is 0.115 e. The minimum Gasteiger partial charge on any atom is -0.508 e. The van der Waals surface area contributed by atoms with Gasteiger partial charge in [0, 0.05) is 45.9 Å². The lowest BCUT2D eigenvalue weighted by atomic mass is 9.96. The molecule has 1 saturated heterocycles. The van der Waals surface area contributed by atoms with Gasteiger partial charge in [0.15, 0.2) is 0 Å². The SMILES string of the molecule is CN(C)CCN(C)C[C@@H]1CN(Cc2cccc(O)c2)C[C@@H]1CO. The monoisotopic (exact) mass is 321 g/mol. The van der Waals surface area contributed by atoms with Crippen molar-refractivity contribution < 1.29 is 10.2 Å². The van der Waals surface area contributed by atoms with E-state index in [0.717, 1.165) is 44.8 Å². The highest BCUT2D eigenvalue weighted by Crippen LogP contribution is 2.26. The zero-order chi connectivity index (χ0) is 16.8. The molecule has 1 aliphatic heterocycles. The van der Waals surface area contributed by atoms with E-state index >= 15 is 0 Å². The minimum absolute atomic E-state index is 0.253. The molecule has 0 spiro atoms. The molecule has 23 heavy (non-hydrogen) atoms. The molecular formula is C18H31N3O2. The van der Waals surface area contributed by atoms with Crippen LogP contribution in [0.1, 0.15) is 5.56 Å². The quantitative estimate of drug-likeness (QED) is 0.746. The van der Waals surface area contributed by atoms with Crippen LogP contribution in [0.4, 0.5) is 0 Å². The van der Waals surface area contributed by atoms with Crippen molar-refractivity contribution in [2.75, 3.05) is 60.5 Å². The van der Waals surface area contributed by atoms with Crippen LogP contribution in [0, 0.1) is 11.8 Å². The van der Waals surface area contributed by atoms with Crippen LogP contribution >= 0.6 is 0 Å². The third kappa shape index (κ3) is 5.77. The fourth-order valence-corrected chi connectivity index (χ4v) is 3.35. The van der Waals surface area contributed by atoms with E-state index in [1.807, 2.05) is 18.2 Å². The number of hydrogen-bond acceptors (Lipinski definition) is 5. The molecule has 0 aliphatic carbocycles. The number of aromatic hydroxyl groups is 1. The Kier molecular flexibility index (Phi) is 6.84. The van der Waals surface area contributed by atoms with Crippen LogP contribution in [0.3, 0.4) is 0 Å². The molecule has 1 aromatic carbocycles. The van der Waals surface area contributed by atoms with Gasteiger partial charge in [0.25, 0.3) is 0 Å². The first kappa shape index (κ1) is 18.2. The van der Waals surface area contributed by atoms with Gasteiger partial charge in [-0.25, -0.2) is 0 Å². The number of hydrogen-bond donors (Lipinski definition) is 2. The molecule has 2 atom stereocenters. The molecule has 1 aliphatic rings. The van der Waals surface area contributed by atoms with Gasteiger partial charge in [-0.2, -0.15) is 0 Å². The van der Waals surface area contributed by atoms with Gasteiger partial charge in [0.1, 0.15) is 5.75 Å². The topological polar surface area (TPSA) is 50.2 Å². The zero-order valence-electron chi connectivity index (χ0n) is 14.6. The van der Waals surface area contributed by atoms with Gasteiger partial charge in [-0.15, -0.1) is 0 Å². The minimum atomic E-state index is 0.253. The molecule has 0 radical (unpaired) electrons. The summed E-state index contributed by atoms with van der Waals surface area (Å²) >= 11 is 0. The summed E-state index contributed by atoms with van der Waals surface area (Å²) < 4.78 is 0. The van der Waals surface area contributed by atoms with Gasteiger partial charge in [-0.3, -0.25) is 4.90 Å². The number of aliphatic hydroxyl groups is 1. The number of aliphatic hydroxyl groups excluding tert-OH is 1. The van der Waals surface area contributed by atoms with Crippen LogP contribution in [0.25, 0.3) is 0 Å². The maximum absolute atomic E-state index is 9.70. The second-order valence-corrected chi connectivity index (χ2v) is 7.13. The number of likely N-dealkylation sites (tertiary alicyclic amines) is 1. The van der Waals surface area contributed by atoms with E-state index in [0.29, 0.717) is 17.6 Å². The third-order valence-electron chi connectivity index (χ3n) is 4.68. The van der Waals surface area contributed by atoms with Crippen molar-refractivity contribution in [2.45, 2.75) is 6.54 Å². The first-order chi connectivity index (χ1) is 11.0. The Labute approximate surface area is 140 Å². The Morgan fingerprint density at radius 2 is 1.87 bits per heavy atom. The van der Waals surface area contributed by atoms with Crippen molar-refractivity contribution in [3.63, 3.8) is 0 Å². The molecule has 0 aromatic heterocycles. The number of benzene rings is 1. The lowest BCUT2D eigenvalue weighted by Gasteiger charge is -2.25. The molecule has 1 aromatic rings. The van der Waals surface area contributed by atoms with E-state index in [1.165, 1.54) is 0 Å². The van der Waals surface area contributed by atoms with Crippen LogP contribution in [-0.4, -0.2) is 85.4 Å². The fourth-order valence-electron chi connectivity index (χ4n) is 3.35. The van der Waals surface area contributed by atoms with Gasteiger partial charge < -0.3 is 20.0 Å². The lowest BCUT2D eigenvalue weighted by molar-refractivity contribution is 0.171. The summed E-state index contributed by atoms with van der Waals surface area (Å²) in [5.41, 5.74) is 1.13. The molecular weight excluding hydrogens is 290 g/mol. The third-order valence-corrected chi connectivity index (χ3v) is 4.68. The van der Waals surface area contributed by atoms with Crippen molar-refractivity contribution in [2.24, 2.45) is 11.8 Å². The summed E-state index contributed by atoms with van der Waals surface area (Å²) in [6.45, 7) is 6.15. The van der Waals surface area contributed by atoms with Gasteiger partial charge in [-0.05, 0) is 50.7 Å². The highest BCUT2D eigenvalue weighted by atomic mass is 16.3. The summed E-state index contributed by atoms with van der Waals surface area (Å²) in [4.78, 5) is 6.95.